The summed E-state index contributed by atoms with van der Waals surface area (Å²) in [6.07, 6.45) is 2.19. The maximum atomic E-state index is 10.4. The molecule has 0 fully saturated rings. The zero-order chi connectivity index (χ0) is 9.56. The molecule has 0 aliphatic rings. The number of nitrogens with zero attached hydrogens (tertiary/aromatic N) is 1. The molecule has 0 spiro atoms. The maximum absolute atomic E-state index is 10.4. The summed E-state index contributed by atoms with van der Waals surface area (Å²) in [6.45, 7) is 5.94. The molecule has 0 saturated heterocycles. The Morgan fingerprint density at radius 1 is 1.83 bits per heavy atom. The van der Waals surface area contributed by atoms with E-state index in [0.717, 1.165) is 6.42 Å². The van der Waals surface area contributed by atoms with E-state index in [-0.39, 0.29) is 12.7 Å². The van der Waals surface area contributed by atoms with Crippen LogP contribution >= 0.6 is 0 Å². The second-order valence-electron chi connectivity index (χ2n) is 2.59. The van der Waals surface area contributed by atoms with Gasteiger partial charge in [-0.25, -0.2) is 0 Å². The Balaban J connectivity index is 4.01. The van der Waals surface area contributed by atoms with E-state index in [2.05, 4.69) is 6.58 Å². The second-order valence-corrected chi connectivity index (χ2v) is 2.59. The summed E-state index contributed by atoms with van der Waals surface area (Å²) in [4.78, 5) is 12.0. The Bertz CT molecular complexity index is 159. The van der Waals surface area contributed by atoms with Gasteiger partial charge < -0.3 is 10.8 Å². The van der Waals surface area contributed by atoms with E-state index in [9.17, 15) is 4.79 Å². The number of nitrogens with two attached hydrogens (primary N) is 1. The fourth-order valence-corrected chi connectivity index (χ4v) is 0.915. The minimum absolute atomic E-state index is 0.0268. The molecule has 0 bridgehead atoms. The van der Waals surface area contributed by atoms with Gasteiger partial charge in [-0.05, 0) is 6.42 Å². The lowest BCUT2D eigenvalue weighted by molar-refractivity contribution is -0.138. The molecular formula is C8H16N2O2. The first-order chi connectivity index (χ1) is 5.61. The van der Waals surface area contributed by atoms with Crippen molar-refractivity contribution < 1.29 is 9.90 Å². The molecule has 0 aliphatic heterocycles. The van der Waals surface area contributed by atoms with E-state index in [1.807, 2.05) is 6.92 Å². The van der Waals surface area contributed by atoms with Crippen molar-refractivity contribution in [1.29, 1.82) is 0 Å². The summed E-state index contributed by atoms with van der Waals surface area (Å²) in [5.74, 6) is -0.860. The number of carbonyl (C=O) groups is 1. The monoisotopic (exact) mass is 172 g/mol. The summed E-state index contributed by atoms with van der Waals surface area (Å²) in [5.41, 5.74) is 5.67. The molecule has 0 heterocycles. The van der Waals surface area contributed by atoms with Crippen molar-refractivity contribution in [2.24, 2.45) is 5.73 Å². The number of carboxylic acid groups (broad SMARTS) is 1. The molecule has 1 unspecified atom stereocenters. The van der Waals surface area contributed by atoms with Crippen molar-refractivity contribution in [2.45, 2.75) is 19.5 Å². The Labute approximate surface area is 72.7 Å². The standard InChI is InChI=1S/C8H16N2O2/c1-3-5-10(6-8(11)12)7(9)4-2/h3,7H,1,4-6,9H2,2H3,(H,11,12). The van der Waals surface area contributed by atoms with Gasteiger partial charge in [-0.15, -0.1) is 6.58 Å². The Hall–Kier alpha value is -0.870. The molecule has 12 heavy (non-hydrogen) atoms. The second kappa shape index (κ2) is 5.74. The fraction of sp³-hybridized carbons (Fsp3) is 0.625. The quantitative estimate of drug-likeness (QED) is 0.445. The predicted molar refractivity (Wildman–Crippen MR) is 47.7 cm³/mol. The van der Waals surface area contributed by atoms with Crippen molar-refractivity contribution in [3.63, 3.8) is 0 Å². The highest BCUT2D eigenvalue weighted by atomic mass is 16.4. The number of hydrogen-bond acceptors (Lipinski definition) is 3. The SMILES string of the molecule is C=CCN(CC(=O)O)C(N)CC. The molecule has 0 aliphatic carbocycles. The van der Waals surface area contributed by atoms with Gasteiger partial charge in [-0.2, -0.15) is 0 Å². The van der Waals surface area contributed by atoms with Gasteiger partial charge in [-0.3, -0.25) is 9.69 Å². The van der Waals surface area contributed by atoms with Crippen LogP contribution < -0.4 is 5.73 Å². The lowest BCUT2D eigenvalue weighted by atomic mass is 10.3. The summed E-state index contributed by atoms with van der Waals surface area (Å²) < 4.78 is 0. The summed E-state index contributed by atoms with van der Waals surface area (Å²) in [7, 11) is 0. The van der Waals surface area contributed by atoms with Crippen molar-refractivity contribution >= 4 is 5.97 Å². The first-order valence-corrected chi connectivity index (χ1v) is 3.94. The van der Waals surface area contributed by atoms with Gasteiger partial charge in [0.15, 0.2) is 0 Å². The first kappa shape index (κ1) is 11.1. The lowest BCUT2D eigenvalue weighted by Gasteiger charge is -2.24. The van der Waals surface area contributed by atoms with E-state index in [1.54, 1.807) is 11.0 Å². The Morgan fingerprint density at radius 3 is 2.75 bits per heavy atom. The fourth-order valence-electron chi connectivity index (χ4n) is 0.915. The highest BCUT2D eigenvalue weighted by Gasteiger charge is 2.13. The zero-order valence-electron chi connectivity index (χ0n) is 7.36. The van der Waals surface area contributed by atoms with E-state index >= 15 is 0 Å². The van der Waals surface area contributed by atoms with Crippen LogP contribution in [0.5, 0.6) is 0 Å². The molecule has 0 amide bonds. The first-order valence-electron chi connectivity index (χ1n) is 3.94. The average molecular weight is 172 g/mol. The summed E-state index contributed by atoms with van der Waals surface area (Å²) in [6, 6.07) is 0. The van der Waals surface area contributed by atoms with Crippen LogP contribution in [-0.2, 0) is 4.79 Å². The van der Waals surface area contributed by atoms with Gasteiger partial charge in [-0.1, -0.05) is 13.0 Å². The molecule has 1 atom stereocenters. The predicted octanol–water partition coefficient (Wildman–Crippen LogP) is 0.254. The van der Waals surface area contributed by atoms with E-state index < -0.39 is 5.97 Å². The Morgan fingerprint density at radius 2 is 2.42 bits per heavy atom. The van der Waals surface area contributed by atoms with Gasteiger partial charge in [0.2, 0.25) is 0 Å². The molecule has 3 N–H and O–H groups in total. The molecule has 0 radical (unpaired) electrons. The molecule has 70 valence electrons. The maximum Gasteiger partial charge on any atom is 0.317 e. The van der Waals surface area contributed by atoms with E-state index in [0.29, 0.717) is 6.54 Å². The molecule has 0 aromatic heterocycles. The number of aliphatic carboxylic acids is 1. The third-order valence-corrected chi connectivity index (χ3v) is 1.59. The van der Waals surface area contributed by atoms with Gasteiger partial charge in [0.25, 0.3) is 0 Å². The van der Waals surface area contributed by atoms with Gasteiger partial charge in [0.1, 0.15) is 0 Å². The van der Waals surface area contributed by atoms with Crippen molar-refractivity contribution in [2.75, 3.05) is 13.1 Å². The van der Waals surface area contributed by atoms with E-state index in [1.165, 1.54) is 0 Å². The van der Waals surface area contributed by atoms with Crippen LogP contribution in [0, 0.1) is 0 Å². The van der Waals surface area contributed by atoms with Crippen molar-refractivity contribution in [3.8, 4) is 0 Å². The van der Waals surface area contributed by atoms with Crippen molar-refractivity contribution in [1.82, 2.24) is 4.90 Å². The van der Waals surface area contributed by atoms with Gasteiger partial charge in [0.05, 0.1) is 12.7 Å². The number of rotatable bonds is 6. The van der Waals surface area contributed by atoms with Crippen molar-refractivity contribution in [3.05, 3.63) is 12.7 Å². The molecule has 0 aromatic rings. The smallest absolute Gasteiger partial charge is 0.317 e. The highest BCUT2D eigenvalue weighted by molar-refractivity contribution is 5.69. The van der Waals surface area contributed by atoms with Gasteiger partial charge >= 0.3 is 5.97 Å². The van der Waals surface area contributed by atoms with Crippen LogP contribution in [0.15, 0.2) is 12.7 Å². The number of carboxylic acids is 1. The minimum atomic E-state index is -0.860. The lowest BCUT2D eigenvalue weighted by Crippen LogP contribution is -2.44. The van der Waals surface area contributed by atoms with Crippen LogP contribution in [0.3, 0.4) is 0 Å². The molecule has 0 aromatic carbocycles. The van der Waals surface area contributed by atoms with Crippen LogP contribution in [-0.4, -0.2) is 35.2 Å². The van der Waals surface area contributed by atoms with Crippen LogP contribution in [0.4, 0.5) is 0 Å². The normalized spacial score (nSPS) is 12.9. The summed E-state index contributed by atoms with van der Waals surface area (Å²) >= 11 is 0. The Kier molecular flexibility index (Phi) is 5.32. The van der Waals surface area contributed by atoms with Crippen LogP contribution in [0.2, 0.25) is 0 Å². The van der Waals surface area contributed by atoms with Gasteiger partial charge in [0, 0.05) is 6.54 Å². The molecule has 0 saturated carbocycles. The zero-order valence-corrected chi connectivity index (χ0v) is 7.36. The van der Waals surface area contributed by atoms with E-state index in [4.69, 9.17) is 10.8 Å². The molecule has 4 heteroatoms. The molecular weight excluding hydrogens is 156 g/mol. The molecule has 4 nitrogen and oxygen atoms in total. The third kappa shape index (κ3) is 4.10. The highest BCUT2D eigenvalue weighted by Crippen LogP contribution is 1.97. The van der Waals surface area contributed by atoms with Crippen LogP contribution in [0.25, 0.3) is 0 Å². The topological polar surface area (TPSA) is 66.6 Å². The summed E-state index contributed by atoms with van der Waals surface area (Å²) in [5, 5.41) is 8.52. The third-order valence-electron chi connectivity index (χ3n) is 1.59. The molecule has 0 rings (SSSR count). The largest absolute Gasteiger partial charge is 0.480 e. The van der Waals surface area contributed by atoms with Crippen LogP contribution in [0.1, 0.15) is 13.3 Å². The minimum Gasteiger partial charge on any atom is -0.480 e. The number of hydrogen-bond donors (Lipinski definition) is 2. The average Bonchev–Trinajstić information content (AvgIpc) is 2.01.